The molecule has 0 aliphatic heterocycles. The summed E-state index contributed by atoms with van der Waals surface area (Å²) in [6.07, 6.45) is 3.16. The first-order valence-corrected chi connectivity index (χ1v) is 7.95. The summed E-state index contributed by atoms with van der Waals surface area (Å²) >= 11 is 0. The Kier molecular flexibility index (Phi) is 12.9. The first-order chi connectivity index (χ1) is 9.52. The summed E-state index contributed by atoms with van der Waals surface area (Å²) in [6.45, 7) is 17.4. The van der Waals surface area contributed by atoms with Crippen LogP contribution in [-0.4, -0.2) is 32.3 Å². The Morgan fingerprint density at radius 2 is 1.38 bits per heavy atom. The lowest BCUT2D eigenvalue weighted by Gasteiger charge is -2.17. The van der Waals surface area contributed by atoms with Crippen LogP contribution in [0.5, 0.6) is 0 Å². The number of nitrogens with two attached hydrogens (primary N) is 1. The van der Waals surface area contributed by atoms with Gasteiger partial charge >= 0.3 is 5.97 Å². The van der Waals surface area contributed by atoms with Crippen LogP contribution in [-0.2, 0) is 14.3 Å². The molecular formula is C17H37NO3. The van der Waals surface area contributed by atoms with E-state index < -0.39 is 0 Å². The molecule has 128 valence electrons. The highest BCUT2D eigenvalue weighted by molar-refractivity contribution is 5.71. The smallest absolute Gasteiger partial charge is 0.319 e. The number of carbonyl (C=O) groups excluding carboxylic acids is 1. The quantitative estimate of drug-likeness (QED) is 0.574. The Balaban J connectivity index is 0. The summed E-state index contributed by atoms with van der Waals surface area (Å²) in [5.74, 6) is -0.325. The predicted molar refractivity (Wildman–Crippen MR) is 89.3 cm³/mol. The van der Waals surface area contributed by atoms with E-state index in [-0.39, 0.29) is 17.9 Å². The molecule has 0 aliphatic rings. The molecule has 0 aromatic rings. The third-order valence-electron chi connectivity index (χ3n) is 2.63. The molecule has 0 bridgehead atoms. The zero-order chi connectivity index (χ0) is 16.9. The summed E-state index contributed by atoms with van der Waals surface area (Å²) in [5, 5.41) is 0. The third-order valence-corrected chi connectivity index (χ3v) is 2.63. The zero-order valence-corrected chi connectivity index (χ0v) is 15.3. The Hall–Kier alpha value is -0.610. The van der Waals surface area contributed by atoms with E-state index in [0.29, 0.717) is 12.0 Å². The van der Waals surface area contributed by atoms with E-state index in [9.17, 15) is 4.79 Å². The molecule has 4 nitrogen and oxygen atoms in total. The molecule has 0 saturated carbocycles. The van der Waals surface area contributed by atoms with Crippen molar-refractivity contribution in [2.75, 3.05) is 26.4 Å². The van der Waals surface area contributed by atoms with Gasteiger partial charge in [-0.25, -0.2) is 0 Å². The fourth-order valence-corrected chi connectivity index (χ4v) is 1.15. The topological polar surface area (TPSA) is 61.5 Å². The third kappa shape index (κ3) is 24.8. The van der Waals surface area contributed by atoms with Gasteiger partial charge in [0.2, 0.25) is 0 Å². The minimum atomic E-state index is -0.325. The highest BCUT2D eigenvalue weighted by Crippen LogP contribution is 2.18. The lowest BCUT2D eigenvalue weighted by Crippen LogP contribution is -2.19. The molecule has 0 aromatic heterocycles. The Morgan fingerprint density at radius 1 is 0.905 bits per heavy atom. The molecule has 0 unspecified atom stereocenters. The maximum atomic E-state index is 10.6. The van der Waals surface area contributed by atoms with Crippen LogP contribution in [0.25, 0.3) is 0 Å². The van der Waals surface area contributed by atoms with Crippen LogP contribution in [0.3, 0.4) is 0 Å². The molecule has 0 heterocycles. The van der Waals surface area contributed by atoms with Gasteiger partial charge in [0, 0.05) is 13.2 Å². The van der Waals surface area contributed by atoms with E-state index in [0.717, 1.165) is 32.5 Å². The highest BCUT2D eigenvalue weighted by atomic mass is 16.5. The van der Waals surface area contributed by atoms with E-state index >= 15 is 0 Å². The van der Waals surface area contributed by atoms with Crippen LogP contribution < -0.4 is 5.73 Å². The number of carbonyl (C=O) groups is 1. The van der Waals surface area contributed by atoms with Crippen molar-refractivity contribution in [3.05, 3.63) is 0 Å². The summed E-state index contributed by atoms with van der Waals surface area (Å²) in [6, 6.07) is 0. The van der Waals surface area contributed by atoms with Crippen LogP contribution in [0, 0.1) is 10.8 Å². The second kappa shape index (κ2) is 12.0. The molecule has 0 fully saturated rings. The summed E-state index contributed by atoms with van der Waals surface area (Å²) in [4.78, 5) is 10.6. The van der Waals surface area contributed by atoms with Gasteiger partial charge in [0.1, 0.15) is 0 Å². The molecule has 0 amide bonds. The second-order valence-corrected chi connectivity index (χ2v) is 7.66. The maximum Gasteiger partial charge on any atom is 0.319 e. The van der Waals surface area contributed by atoms with Gasteiger partial charge < -0.3 is 15.2 Å². The number of ether oxygens (including phenoxy) is 2. The number of hydrogen-bond acceptors (Lipinski definition) is 4. The molecule has 0 saturated heterocycles. The largest absolute Gasteiger partial charge is 0.465 e. The number of esters is 1. The summed E-state index contributed by atoms with van der Waals surface area (Å²) in [5.41, 5.74) is 5.69. The van der Waals surface area contributed by atoms with Gasteiger partial charge in [0.25, 0.3) is 0 Å². The number of rotatable bonds is 7. The van der Waals surface area contributed by atoms with Gasteiger partial charge in [-0.15, -0.1) is 0 Å². The fraction of sp³-hybridized carbons (Fsp3) is 0.941. The van der Waals surface area contributed by atoms with Gasteiger partial charge in [0.05, 0.1) is 13.2 Å². The van der Waals surface area contributed by atoms with Crippen LogP contribution in [0.2, 0.25) is 0 Å². The minimum absolute atomic E-state index is 0.0237. The van der Waals surface area contributed by atoms with Crippen molar-refractivity contribution in [1.82, 2.24) is 0 Å². The van der Waals surface area contributed by atoms with Crippen molar-refractivity contribution in [3.63, 3.8) is 0 Å². The molecule has 0 spiro atoms. The van der Waals surface area contributed by atoms with Crippen LogP contribution in [0.1, 0.15) is 67.7 Å². The van der Waals surface area contributed by atoms with E-state index in [1.165, 1.54) is 0 Å². The summed E-state index contributed by atoms with van der Waals surface area (Å²) < 4.78 is 10.2. The van der Waals surface area contributed by atoms with Gasteiger partial charge in [-0.2, -0.15) is 0 Å². The lowest BCUT2D eigenvalue weighted by atomic mass is 9.93. The molecule has 2 N–H and O–H groups in total. The molecule has 0 radical (unpaired) electrons. The highest BCUT2D eigenvalue weighted by Gasteiger charge is 2.10. The van der Waals surface area contributed by atoms with Crippen molar-refractivity contribution in [3.8, 4) is 0 Å². The van der Waals surface area contributed by atoms with Crippen molar-refractivity contribution in [1.29, 1.82) is 0 Å². The van der Waals surface area contributed by atoms with Gasteiger partial charge in [-0.3, -0.25) is 4.79 Å². The Morgan fingerprint density at radius 3 is 1.76 bits per heavy atom. The SMILES string of the molecule is CC(C)(C)CCOC(=O)CN.CCCOCCC(C)(C)C. The molecule has 0 aromatic carbocycles. The van der Waals surface area contributed by atoms with Crippen LogP contribution in [0.15, 0.2) is 0 Å². The average molecular weight is 303 g/mol. The first-order valence-electron chi connectivity index (χ1n) is 7.95. The van der Waals surface area contributed by atoms with Crippen LogP contribution >= 0.6 is 0 Å². The number of hydrogen-bond donors (Lipinski definition) is 1. The van der Waals surface area contributed by atoms with Gasteiger partial charge in [0.15, 0.2) is 0 Å². The second-order valence-electron chi connectivity index (χ2n) is 7.66. The zero-order valence-electron chi connectivity index (χ0n) is 15.3. The fourth-order valence-electron chi connectivity index (χ4n) is 1.15. The van der Waals surface area contributed by atoms with Crippen molar-refractivity contribution >= 4 is 5.97 Å². The van der Waals surface area contributed by atoms with E-state index in [1.807, 2.05) is 0 Å². The van der Waals surface area contributed by atoms with Gasteiger partial charge in [-0.05, 0) is 30.1 Å². The normalized spacial score (nSPS) is 11.6. The minimum Gasteiger partial charge on any atom is -0.465 e. The monoisotopic (exact) mass is 303 g/mol. The molecule has 21 heavy (non-hydrogen) atoms. The van der Waals surface area contributed by atoms with E-state index in [1.54, 1.807) is 0 Å². The predicted octanol–water partition coefficient (Wildman–Crippen LogP) is 3.77. The molecule has 4 heteroatoms. The lowest BCUT2D eigenvalue weighted by molar-refractivity contribution is -0.142. The summed E-state index contributed by atoms with van der Waals surface area (Å²) in [7, 11) is 0. The molecule has 0 rings (SSSR count). The van der Waals surface area contributed by atoms with E-state index in [2.05, 4.69) is 48.5 Å². The van der Waals surface area contributed by atoms with E-state index in [4.69, 9.17) is 15.2 Å². The molecular weight excluding hydrogens is 266 g/mol. The molecule has 0 aliphatic carbocycles. The molecule has 0 atom stereocenters. The first kappa shape index (κ1) is 22.7. The standard InChI is InChI=1S/C9H20O.C8H17NO2/c1-5-7-10-8-6-9(2,3)4;1-8(2,3)4-5-11-7(10)6-9/h5-8H2,1-4H3;4-6,9H2,1-3H3. The van der Waals surface area contributed by atoms with Gasteiger partial charge in [-0.1, -0.05) is 48.5 Å². The van der Waals surface area contributed by atoms with Crippen molar-refractivity contribution in [2.45, 2.75) is 67.7 Å². The Labute approximate surface area is 131 Å². The van der Waals surface area contributed by atoms with Crippen molar-refractivity contribution < 1.29 is 14.3 Å². The maximum absolute atomic E-state index is 10.6. The van der Waals surface area contributed by atoms with Crippen LogP contribution in [0.4, 0.5) is 0 Å². The Bertz CT molecular complexity index is 252. The van der Waals surface area contributed by atoms with Crippen molar-refractivity contribution in [2.24, 2.45) is 16.6 Å². The average Bonchev–Trinajstić information content (AvgIpc) is 2.32.